The van der Waals surface area contributed by atoms with Crippen molar-refractivity contribution >= 4 is 17.9 Å². The summed E-state index contributed by atoms with van der Waals surface area (Å²) in [5, 5.41) is 38.9. The second-order valence-electron chi connectivity index (χ2n) is 2.42. The first kappa shape index (κ1) is 15.5. The molecule has 0 aliphatic rings. The average Bonchev–Trinajstić information content (AvgIpc) is 1.82. The number of hydrogen-bond acceptors (Lipinski definition) is 7. The summed E-state index contributed by atoms with van der Waals surface area (Å²) in [6.07, 6.45) is -2.72. The Balaban J connectivity index is 0. The van der Waals surface area contributed by atoms with Gasteiger partial charge in [0.25, 0.3) is 0 Å². The first-order valence-corrected chi connectivity index (χ1v) is 3.11. The maximum absolute atomic E-state index is 10.1. The van der Waals surface area contributed by atoms with E-state index in [9.17, 15) is 29.7 Å². The number of aliphatic hydroxyl groups is 1. The zero-order valence-corrected chi connectivity index (χ0v) is 9.40. The van der Waals surface area contributed by atoms with E-state index in [1.807, 2.05) is 0 Å². The third kappa shape index (κ3) is 4.91. The van der Waals surface area contributed by atoms with Crippen LogP contribution in [0, 0.1) is 0 Å². The van der Waals surface area contributed by atoms with E-state index in [-0.39, 0.29) is 20.4 Å². The molecule has 0 aromatic heterocycles. The van der Waals surface area contributed by atoms with Gasteiger partial charge in [-0.25, -0.2) is 0 Å². The zero-order chi connectivity index (χ0) is 10.6. The van der Waals surface area contributed by atoms with E-state index in [0.717, 1.165) is 0 Å². The molecule has 0 bridgehead atoms. The molecular formula is C6H5O7Re-3. The fraction of sp³-hybridized carbons (Fsp3) is 0.500. The molecule has 0 aromatic rings. The SMILES string of the molecule is O=C([O-])CC(O)(CC(=O)[O-])C(=O)[O-].[Re]. The minimum atomic E-state index is -2.97. The van der Waals surface area contributed by atoms with Crippen molar-refractivity contribution in [3.8, 4) is 0 Å². The first-order valence-electron chi connectivity index (χ1n) is 3.11. The van der Waals surface area contributed by atoms with E-state index in [4.69, 9.17) is 5.11 Å². The van der Waals surface area contributed by atoms with E-state index in [1.54, 1.807) is 0 Å². The Morgan fingerprint density at radius 2 is 1.29 bits per heavy atom. The van der Waals surface area contributed by atoms with Gasteiger partial charge in [-0.15, -0.1) is 0 Å². The summed E-state index contributed by atoms with van der Waals surface area (Å²) < 4.78 is 0. The van der Waals surface area contributed by atoms with Crippen LogP contribution < -0.4 is 15.3 Å². The van der Waals surface area contributed by atoms with Crippen LogP contribution in [0.4, 0.5) is 0 Å². The Kier molecular flexibility index (Phi) is 6.31. The molecule has 8 heteroatoms. The van der Waals surface area contributed by atoms with Crippen molar-refractivity contribution in [2.45, 2.75) is 18.4 Å². The van der Waals surface area contributed by atoms with Crippen LogP contribution in [0.3, 0.4) is 0 Å². The molecule has 1 radical (unpaired) electrons. The molecule has 0 unspecified atom stereocenters. The summed E-state index contributed by atoms with van der Waals surface area (Å²) in [6.45, 7) is 0. The Labute approximate surface area is 92.0 Å². The van der Waals surface area contributed by atoms with E-state index in [1.165, 1.54) is 0 Å². The number of rotatable bonds is 5. The van der Waals surface area contributed by atoms with Gasteiger partial charge >= 0.3 is 0 Å². The van der Waals surface area contributed by atoms with Gasteiger partial charge in [-0.2, -0.15) is 0 Å². The van der Waals surface area contributed by atoms with Gasteiger partial charge < -0.3 is 34.8 Å². The van der Waals surface area contributed by atoms with Crippen LogP contribution >= 0.6 is 0 Å². The molecule has 1 N–H and O–H groups in total. The molecule has 0 aromatic carbocycles. The molecule has 81 valence electrons. The molecule has 0 aliphatic carbocycles. The normalized spacial score (nSPS) is 10.1. The molecule has 0 aliphatic heterocycles. The maximum Gasteiger partial charge on any atom is 0.114 e. The predicted molar refractivity (Wildman–Crippen MR) is 29.2 cm³/mol. The van der Waals surface area contributed by atoms with Gasteiger partial charge in [0.2, 0.25) is 0 Å². The van der Waals surface area contributed by atoms with Gasteiger partial charge in [0, 0.05) is 45.2 Å². The van der Waals surface area contributed by atoms with Crippen LogP contribution in [0.2, 0.25) is 0 Å². The smallest absolute Gasteiger partial charge is 0.114 e. The second kappa shape index (κ2) is 5.70. The molecule has 0 heterocycles. The fourth-order valence-electron chi connectivity index (χ4n) is 0.684. The van der Waals surface area contributed by atoms with E-state index < -0.39 is 36.4 Å². The van der Waals surface area contributed by atoms with Crippen LogP contribution in [-0.4, -0.2) is 28.6 Å². The van der Waals surface area contributed by atoms with Gasteiger partial charge in [-0.3, -0.25) is 0 Å². The number of hydrogen-bond donors (Lipinski definition) is 1. The van der Waals surface area contributed by atoms with Crippen molar-refractivity contribution in [2.75, 3.05) is 0 Å². The largest absolute Gasteiger partial charge is 0.550 e. The molecule has 14 heavy (non-hydrogen) atoms. The third-order valence-corrected chi connectivity index (χ3v) is 1.25. The van der Waals surface area contributed by atoms with Crippen LogP contribution in [0.25, 0.3) is 0 Å². The van der Waals surface area contributed by atoms with Crippen molar-refractivity contribution in [3.05, 3.63) is 0 Å². The van der Waals surface area contributed by atoms with E-state index in [0.29, 0.717) is 0 Å². The van der Waals surface area contributed by atoms with Crippen molar-refractivity contribution in [1.82, 2.24) is 0 Å². The summed E-state index contributed by atoms with van der Waals surface area (Å²) in [6, 6.07) is 0. The number of carboxylic acids is 3. The molecule has 0 saturated carbocycles. The predicted octanol–water partition coefficient (Wildman–Crippen LogP) is -5.26. The quantitative estimate of drug-likeness (QED) is 0.506. The molecule has 0 rings (SSSR count). The molecule has 0 saturated heterocycles. The number of carboxylic acid groups (broad SMARTS) is 3. The van der Waals surface area contributed by atoms with Crippen LogP contribution in [-0.2, 0) is 34.8 Å². The van der Waals surface area contributed by atoms with E-state index in [2.05, 4.69) is 0 Å². The summed E-state index contributed by atoms with van der Waals surface area (Å²) >= 11 is 0. The van der Waals surface area contributed by atoms with Gasteiger partial charge in [0.1, 0.15) is 5.60 Å². The molecule has 0 fully saturated rings. The summed E-state index contributed by atoms with van der Waals surface area (Å²) in [4.78, 5) is 30.0. The van der Waals surface area contributed by atoms with Gasteiger partial charge in [-0.1, -0.05) is 0 Å². The second-order valence-corrected chi connectivity index (χ2v) is 2.42. The van der Waals surface area contributed by atoms with Crippen molar-refractivity contribution in [1.29, 1.82) is 0 Å². The minimum Gasteiger partial charge on any atom is -0.550 e. The van der Waals surface area contributed by atoms with Crippen LogP contribution in [0.15, 0.2) is 0 Å². The Hall–Kier alpha value is -0.968. The Bertz CT molecular complexity index is 233. The average molecular weight is 375 g/mol. The molecular weight excluding hydrogens is 370 g/mol. The number of aliphatic carboxylic acids is 3. The fourth-order valence-corrected chi connectivity index (χ4v) is 0.684. The molecule has 0 atom stereocenters. The van der Waals surface area contributed by atoms with Crippen molar-refractivity contribution < 1.29 is 55.2 Å². The van der Waals surface area contributed by atoms with Gasteiger partial charge in [-0.05, 0) is 0 Å². The summed E-state index contributed by atoms with van der Waals surface area (Å²) in [7, 11) is 0. The standard InChI is InChI=1S/C6H8O7.Re/c7-3(8)1-6(13,5(11)12)2-4(9)10;/h13H,1-2H2,(H,7,8)(H,9,10)(H,11,12);/p-3. The van der Waals surface area contributed by atoms with Gasteiger partial charge in [0.05, 0.1) is 5.97 Å². The van der Waals surface area contributed by atoms with Crippen molar-refractivity contribution in [3.63, 3.8) is 0 Å². The van der Waals surface area contributed by atoms with E-state index >= 15 is 0 Å². The maximum atomic E-state index is 10.1. The molecule has 0 amide bonds. The Morgan fingerprint density at radius 3 is 1.43 bits per heavy atom. The summed E-state index contributed by atoms with van der Waals surface area (Å²) in [5.74, 6) is -5.98. The minimum absolute atomic E-state index is 0. The molecule has 7 nitrogen and oxygen atoms in total. The third-order valence-electron chi connectivity index (χ3n) is 1.25. The zero-order valence-electron chi connectivity index (χ0n) is 6.69. The van der Waals surface area contributed by atoms with Crippen LogP contribution in [0.1, 0.15) is 12.8 Å². The molecule has 0 spiro atoms. The number of carbonyl (C=O) groups excluding carboxylic acids is 3. The topological polar surface area (TPSA) is 141 Å². The monoisotopic (exact) mass is 376 g/mol. The van der Waals surface area contributed by atoms with Crippen LogP contribution in [0.5, 0.6) is 0 Å². The summed E-state index contributed by atoms with van der Waals surface area (Å²) in [5.41, 5.74) is -2.97. The Morgan fingerprint density at radius 1 is 1.00 bits per heavy atom. The number of carbonyl (C=O) groups is 3. The van der Waals surface area contributed by atoms with Crippen molar-refractivity contribution in [2.24, 2.45) is 0 Å². The van der Waals surface area contributed by atoms with Gasteiger partial charge in [0.15, 0.2) is 0 Å². The first-order chi connectivity index (χ1) is 5.78.